The van der Waals surface area contributed by atoms with Gasteiger partial charge in [-0.15, -0.1) is 55.3 Å². The van der Waals surface area contributed by atoms with Crippen LogP contribution in [0.4, 0.5) is 17.1 Å². The largest absolute Gasteiger partial charge is 0.319 e. The van der Waals surface area contributed by atoms with E-state index in [0.29, 0.717) is 0 Å². The SMILES string of the molecule is Cc1cccc(C)c1-c1ccnc(-n2c3[c-]c(Sc4[c-]c(N5[OH+]N(C)c6ccccc65)ccc4)ccc3c3ccccc32)c1.[Pt]. The number of hydrogen-bond acceptors (Lipinski definition) is 4. The van der Waals surface area contributed by atoms with Crippen LogP contribution < -0.4 is 10.1 Å². The molecule has 8 rings (SSSR count). The Morgan fingerprint density at radius 3 is 2.29 bits per heavy atom. The van der Waals surface area contributed by atoms with E-state index in [2.05, 4.69) is 122 Å². The van der Waals surface area contributed by atoms with Crippen molar-refractivity contribution in [1.82, 2.24) is 9.55 Å². The van der Waals surface area contributed by atoms with Crippen molar-refractivity contribution in [3.63, 3.8) is 0 Å². The number of nitrogens with zero attached hydrogens (tertiary/aromatic N) is 4. The van der Waals surface area contributed by atoms with Crippen LogP contribution in [0, 0.1) is 26.0 Å². The summed E-state index contributed by atoms with van der Waals surface area (Å²) in [5.41, 5.74) is 10.0. The van der Waals surface area contributed by atoms with Gasteiger partial charge in [-0.3, -0.25) is 0 Å². The maximum Gasteiger partial charge on any atom is 0.145 e. The summed E-state index contributed by atoms with van der Waals surface area (Å²) in [4.78, 5) is 11.6. The summed E-state index contributed by atoms with van der Waals surface area (Å²) in [6, 6.07) is 45.4. The molecular formula is C38H29N4OPtS-. The molecule has 0 bridgehead atoms. The number of hydroxylamine groups is 1. The van der Waals surface area contributed by atoms with Gasteiger partial charge in [0.05, 0.1) is 7.05 Å². The van der Waals surface area contributed by atoms with Crippen molar-refractivity contribution < 1.29 is 26.0 Å². The van der Waals surface area contributed by atoms with E-state index in [4.69, 9.17) is 9.92 Å². The smallest absolute Gasteiger partial charge is 0.145 e. The zero-order chi connectivity index (χ0) is 29.8. The fraction of sp³-hybridized carbons (Fsp3) is 0.0789. The van der Waals surface area contributed by atoms with Crippen LogP contribution in [-0.4, -0.2) is 21.5 Å². The second-order valence-corrected chi connectivity index (χ2v) is 12.1. The molecule has 224 valence electrons. The Kier molecular flexibility index (Phi) is 7.74. The fourth-order valence-corrected chi connectivity index (χ4v) is 7.02. The first kappa shape index (κ1) is 29.4. The molecule has 45 heavy (non-hydrogen) atoms. The summed E-state index contributed by atoms with van der Waals surface area (Å²) < 4.78 is 2.24. The minimum Gasteiger partial charge on any atom is -0.319 e. The van der Waals surface area contributed by atoms with Gasteiger partial charge in [0.15, 0.2) is 0 Å². The Labute approximate surface area is 281 Å². The Hall–Kier alpha value is -4.35. The van der Waals surface area contributed by atoms with Crippen LogP contribution in [0.1, 0.15) is 11.1 Å². The molecule has 3 heterocycles. The fourth-order valence-electron chi connectivity index (χ4n) is 6.20. The monoisotopic (exact) mass is 784 g/mol. The summed E-state index contributed by atoms with van der Waals surface area (Å²) in [7, 11) is 1.97. The molecule has 1 aliphatic heterocycles. The van der Waals surface area contributed by atoms with E-state index in [1.165, 1.54) is 22.1 Å². The van der Waals surface area contributed by atoms with Gasteiger partial charge in [-0.25, -0.2) is 4.98 Å². The summed E-state index contributed by atoms with van der Waals surface area (Å²) in [6.45, 7) is 4.34. The van der Waals surface area contributed by atoms with Crippen LogP contribution >= 0.6 is 11.8 Å². The number of rotatable bonds is 5. The van der Waals surface area contributed by atoms with E-state index < -0.39 is 0 Å². The third-order valence-electron chi connectivity index (χ3n) is 8.18. The second kappa shape index (κ2) is 11.9. The Morgan fingerprint density at radius 2 is 1.44 bits per heavy atom. The van der Waals surface area contributed by atoms with Crippen molar-refractivity contribution >= 4 is 50.6 Å². The summed E-state index contributed by atoms with van der Waals surface area (Å²) in [6.07, 6.45) is 1.91. The van der Waals surface area contributed by atoms with Crippen LogP contribution in [0.3, 0.4) is 0 Å². The van der Waals surface area contributed by atoms with Gasteiger partial charge in [0, 0.05) is 38.5 Å². The molecule has 7 aromatic rings. The summed E-state index contributed by atoms with van der Waals surface area (Å²) >= 11 is 1.65. The molecule has 0 amide bonds. The van der Waals surface area contributed by atoms with E-state index in [0.717, 1.165) is 54.7 Å². The first-order chi connectivity index (χ1) is 21.5. The molecule has 0 unspecified atom stereocenters. The predicted molar refractivity (Wildman–Crippen MR) is 180 cm³/mol. The number of aryl methyl sites for hydroxylation is 2. The molecule has 7 heteroatoms. The van der Waals surface area contributed by atoms with Gasteiger partial charge >= 0.3 is 0 Å². The summed E-state index contributed by atoms with van der Waals surface area (Å²) in [5.74, 6) is 0.877. The van der Waals surface area contributed by atoms with E-state index in [-0.39, 0.29) is 21.1 Å². The third-order valence-corrected chi connectivity index (χ3v) is 9.10. The van der Waals surface area contributed by atoms with Crippen LogP contribution in [-0.2, 0) is 21.1 Å². The molecule has 0 saturated heterocycles. The maximum absolute atomic E-state index is 4.87. The normalized spacial score (nSPS) is 12.5. The number of pyridine rings is 1. The number of hydrogen-bond donors (Lipinski definition) is 0. The molecule has 0 aliphatic carbocycles. The Bertz CT molecular complexity index is 2190. The standard InChI is InChI=1S/C38H28N4OS.Pt/c1-25-10-8-11-26(2)38(25)27-20-21-39-37(22-27)41-33-15-5-4-14-31(33)32-19-18-30(24-36(32)41)44-29-13-9-12-28(23-29)42-35-17-7-6-16-34(35)40(3)43-42;/h4-22H,1-3H3;/q-2;/p+1. The van der Waals surface area contributed by atoms with Crippen LogP contribution in [0.2, 0.25) is 0 Å². The average molecular weight is 785 g/mol. The van der Waals surface area contributed by atoms with Crippen molar-refractivity contribution in [3.05, 3.63) is 139 Å². The van der Waals surface area contributed by atoms with Gasteiger partial charge in [-0.2, -0.15) is 29.2 Å². The molecule has 5 nitrogen and oxygen atoms in total. The molecule has 2 aromatic heterocycles. The molecule has 1 aliphatic rings. The number of anilines is 3. The van der Waals surface area contributed by atoms with Crippen molar-refractivity contribution in [3.8, 4) is 16.9 Å². The van der Waals surface area contributed by atoms with Crippen LogP contribution in [0.25, 0.3) is 38.8 Å². The molecular weight excluding hydrogens is 756 g/mol. The molecule has 0 atom stereocenters. The minimum absolute atomic E-state index is 0. The topological polar surface area (TPSA) is 37.1 Å². The van der Waals surface area contributed by atoms with Crippen LogP contribution in [0.15, 0.2) is 125 Å². The van der Waals surface area contributed by atoms with Crippen molar-refractivity contribution in [1.29, 1.82) is 0 Å². The van der Waals surface area contributed by atoms with Crippen molar-refractivity contribution in [2.75, 3.05) is 17.2 Å². The molecule has 0 saturated carbocycles. The summed E-state index contributed by atoms with van der Waals surface area (Å²) in [5, 5.41) is 6.17. The number of fused-ring (bicyclic) bond motifs is 4. The third kappa shape index (κ3) is 5.13. The van der Waals surface area contributed by atoms with Crippen molar-refractivity contribution in [2.24, 2.45) is 0 Å². The number of aromatic nitrogens is 2. The van der Waals surface area contributed by atoms with Gasteiger partial charge in [-0.1, -0.05) is 54.0 Å². The Morgan fingerprint density at radius 1 is 0.711 bits per heavy atom. The molecule has 0 spiro atoms. The van der Waals surface area contributed by atoms with E-state index >= 15 is 0 Å². The van der Waals surface area contributed by atoms with Gasteiger partial charge in [0.25, 0.3) is 0 Å². The van der Waals surface area contributed by atoms with Crippen molar-refractivity contribution in [2.45, 2.75) is 23.6 Å². The van der Waals surface area contributed by atoms with Gasteiger partial charge in [-0.05, 0) is 71.8 Å². The zero-order valence-electron chi connectivity index (χ0n) is 24.9. The number of benzene rings is 5. The average Bonchev–Trinajstić information content (AvgIpc) is 3.56. The van der Waals surface area contributed by atoms with E-state index in [9.17, 15) is 0 Å². The van der Waals surface area contributed by atoms with E-state index in [1.54, 1.807) is 11.8 Å². The molecule has 5 aromatic carbocycles. The van der Waals surface area contributed by atoms with Gasteiger partial charge in [0.1, 0.15) is 17.2 Å². The van der Waals surface area contributed by atoms with E-state index in [1.807, 2.05) is 41.6 Å². The maximum atomic E-state index is 4.87. The first-order valence-corrected chi connectivity index (χ1v) is 15.4. The quantitative estimate of drug-likeness (QED) is 0.129. The van der Waals surface area contributed by atoms with Gasteiger partial charge in [0.2, 0.25) is 0 Å². The zero-order valence-corrected chi connectivity index (χ0v) is 28.0. The minimum atomic E-state index is 0. The van der Waals surface area contributed by atoms with Gasteiger partial charge < -0.3 is 4.57 Å². The predicted octanol–water partition coefficient (Wildman–Crippen LogP) is 9.64. The second-order valence-electron chi connectivity index (χ2n) is 11.0. The van der Waals surface area contributed by atoms with Crippen LogP contribution in [0.5, 0.6) is 0 Å². The Balaban J connectivity index is 0.00000325. The molecule has 1 N–H and O–H groups in total. The number of para-hydroxylation sites is 3. The first-order valence-electron chi connectivity index (χ1n) is 14.6. The molecule has 0 fully saturated rings. The molecule has 0 radical (unpaired) electrons.